The highest BCUT2D eigenvalue weighted by Gasteiger charge is 2.02. The van der Waals surface area contributed by atoms with Gasteiger partial charge in [-0.15, -0.1) is 0 Å². The molecule has 14 heavy (non-hydrogen) atoms. The molecule has 2 nitrogen and oxygen atoms in total. The van der Waals surface area contributed by atoms with Crippen LogP contribution < -0.4 is 10.1 Å². The van der Waals surface area contributed by atoms with Crippen LogP contribution in [0.25, 0.3) is 0 Å². The maximum absolute atomic E-state index is 5.90. The quantitative estimate of drug-likeness (QED) is 0.511. The SMILES string of the molecule is COc1ccc(Cl)cc1CNCCI. The summed E-state index contributed by atoms with van der Waals surface area (Å²) in [6.45, 7) is 1.79. The first kappa shape index (κ1) is 12.1. The average Bonchev–Trinajstić information content (AvgIpc) is 2.19. The Kier molecular flexibility index (Phi) is 5.59. The Morgan fingerprint density at radius 2 is 2.29 bits per heavy atom. The van der Waals surface area contributed by atoms with Crippen LogP contribution in [0.2, 0.25) is 5.02 Å². The lowest BCUT2D eigenvalue weighted by Gasteiger charge is -2.09. The van der Waals surface area contributed by atoms with Crippen LogP contribution >= 0.6 is 34.2 Å². The number of rotatable bonds is 5. The van der Waals surface area contributed by atoms with E-state index in [1.165, 1.54) is 0 Å². The second-order valence-corrected chi connectivity index (χ2v) is 4.34. The molecule has 0 amide bonds. The van der Waals surface area contributed by atoms with Gasteiger partial charge in [-0.25, -0.2) is 0 Å². The van der Waals surface area contributed by atoms with Crippen molar-refractivity contribution in [1.29, 1.82) is 0 Å². The number of ether oxygens (including phenoxy) is 1. The molecule has 0 aromatic heterocycles. The van der Waals surface area contributed by atoms with E-state index in [0.717, 1.165) is 33.9 Å². The molecule has 4 heteroatoms. The van der Waals surface area contributed by atoms with Crippen LogP contribution in [0.3, 0.4) is 0 Å². The van der Waals surface area contributed by atoms with Gasteiger partial charge in [0.15, 0.2) is 0 Å². The normalized spacial score (nSPS) is 10.2. The number of methoxy groups -OCH3 is 1. The van der Waals surface area contributed by atoms with Gasteiger partial charge in [0.05, 0.1) is 7.11 Å². The monoisotopic (exact) mass is 325 g/mol. The van der Waals surface area contributed by atoms with Gasteiger partial charge in [0, 0.05) is 28.1 Å². The first-order valence-electron chi connectivity index (χ1n) is 4.37. The van der Waals surface area contributed by atoms with E-state index in [1.54, 1.807) is 7.11 Å². The number of nitrogens with one attached hydrogen (secondary N) is 1. The van der Waals surface area contributed by atoms with Crippen LogP contribution in [0, 0.1) is 0 Å². The van der Waals surface area contributed by atoms with Crippen molar-refractivity contribution in [3.8, 4) is 5.75 Å². The molecule has 0 bridgehead atoms. The van der Waals surface area contributed by atoms with Crippen LogP contribution in [0.5, 0.6) is 5.75 Å². The molecule has 0 aliphatic heterocycles. The van der Waals surface area contributed by atoms with Gasteiger partial charge in [-0.1, -0.05) is 34.2 Å². The van der Waals surface area contributed by atoms with Crippen LogP contribution in [0.1, 0.15) is 5.56 Å². The zero-order valence-electron chi connectivity index (χ0n) is 8.02. The third-order valence-corrected chi connectivity index (χ3v) is 2.60. The predicted octanol–water partition coefficient (Wildman–Crippen LogP) is 2.87. The minimum Gasteiger partial charge on any atom is -0.496 e. The van der Waals surface area contributed by atoms with E-state index < -0.39 is 0 Å². The fraction of sp³-hybridized carbons (Fsp3) is 0.400. The summed E-state index contributed by atoms with van der Waals surface area (Å²) in [6, 6.07) is 5.66. The molecule has 0 spiro atoms. The molecule has 1 N–H and O–H groups in total. The van der Waals surface area contributed by atoms with Crippen molar-refractivity contribution < 1.29 is 4.74 Å². The molecular formula is C10H13ClINO. The van der Waals surface area contributed by atoms with Gasteiger partial charge >= 0.3 is 0 Å². The second kappa shape index (κ2) is 6.48. The van der Waals surface area contributed by atoms with Gasteiger partial charge in [0.1, 0.15) is 5.75 Å². The Bertz CT molecular complexity index is 293. The summed E-state index contributed by atoms with van der Waals surface area (Å²) < 4.78 is 6.33. The Morgan fingerprint density at radius 1 is 1.50 bits per heavy atom. The average molecular weight is 326 g/mol. The van der Waals surface area contributed by atoms with E-state index in [4.69, 9.17) is 16.3 Å². The summed E-state index contributed by atoms with van der Waals surface area (Å²) in [6.07, 6.45) is 0. The zero-order chi connectivity index (χ0) is 10.4. The molecule has 1 aromatic carbocycles. The summed E-state index contributed by atoms with van der Waals surface area (Å²) in [5.41, 5.74) is 1.10. The van der Waals surface area contributed by atoms with E-state index in [0.29, 0.717) is 0 Å². The van der Waals surface area contributed by atoms with E-state index in [2.05, 4.69) is 27.9 Å². The number of hydrogen-bond acceptors (Lipinski definition) is 2. The standard InChI is InChI=1S/C10H13ClINO/c1-14-10-3-2-9(11)6-8(10)7-13-5-4-12/h2-3,6,13H,4-5,7H2,1H3. The third kappa shape index (κ3) is 3.63. The van der Waals surface area contributed by atoms with Gasteiger partial charge < -0.3 is 10.1 Å². The van der Waals surface area contributed by atoms with Crippen molar-refractivity contribution in [2.45, 2.75) is 6.54 Å². The number of benzene rings is 1. The Balaban J connectivity index is 2.67. The molecule has 1 rings (SSSR count). The van der Waals surface area contributed by atoms with Gasteiger partial charge in [-0.3, -0.25) is 0 Å². The predicted molar refractivity (Wildman–Crippen MR) is 68.6 cm³/mol. The molecule has 0 atom stereocenters. The van der Waals surface area contributed by atoms with Gasteiger partial charge in [0.25, 0.3) is 0 Å². The van der Waals surface area contributed by atoms with Gasteiger partial charge in [-0.2, -0.15) is 0 Å². The molecule has 0 saturated carbocycles. The lowest BCUT2D eigenvalue weighted by atomic mass is 10.2. The Labute approximate surface area is 103 Å². The van der Waals surface area contributed by atoms with E-state index in [9.17, 15) is 0 Å². The van der Waals surface area contributed by atoms with Crippen molar-refractivity contribution in [2.24, 2.45) is 0 Å². The topological polar surface area (TPSA) is 21.3 Å². The maximum Gasteiger partial charge on any atom is 0.123 e. The van der Waals surface area contributed by atoms with Crippen LogP contribution in [0.4, 0.5) is 0 Å². The molecular weight excluding hydrogens is 312 g/mol. The minimum atomic E-state index is 0.747. The summed E-state index contributed by atoms with van der Waals surface area (Å²) >= 11 is 8.24. The molecule has 0 unspecified atom stereocenters. The molecule has 0 aliphatic rings. The highest BCUT2D eigenvalue weighted by atomic mass is 127. The Morgan fingerprint density at radius 3 is 2.93 bits per heavy atom. The molecule has 0 aliphatic carbocycles. The van der Waals surface area contributed by atoms with E-state index >= 15 is 0 Å². The van der Waals surface area contributed by atoms with E-state index in [-0.39, 0.29) is 0 Å². The van der Waals surface area contributed by atoms with Crippen molar-refractivity contribution in [3.63, 3.8) is 0 Å². The second-order valence-electron chi connectivity index (χ2n) is 2.82. The van der Waals surface area contributed by atoms with Crippen molar-refractivity contribution in [1.82, 2.24) is 5.32 Å². The van der Waals surface area contributed by atoms with Crippen LogP contribution in [-0.2, 0) is 6.54 Å². The molecule has 0 fully saturated rings. The van der Waals surface area contributed by atoms with Crippen LogP contribution in [-0.4, -0.2) is 18.1 Å². The summed E-state index contributed by atoms with van der Waals surface area (Å²) in [5, 5.41) is 4.05. The first-order valence-corrected chi connectivity index (χ1v) is 6.27. The summed E-state index contributed by atoms with van der Waals surface area (Å²) in [4.78, 5) is 0. The van der Waals surface area contributed by atoms with Crippen LogP contribution in [0.15, 0.2) is 18.2 Å². The fourth-order valence-corrected chi connectivity index (χ4v) is 1.75. The molecule has 78 valence electrons. The first-order chi connectivity index (χ1) is 6.77. The summed E-state index contributed by atoms with van der Waals surface area (Å²) in [7, 11) is 1.67. The molecule has 0 radical (unpaired) electrons. The molecule has 0 saturated heterocycles. The van der Waals surface area contributed by atoms with Gasteiger partial charge in [-0.05, 0) is 18.2 Å². The minimum absolute atomic E-state index is 0.747. The highest BCUT2D eigenvalue weighted by Crippen LogP contribution is 2.22. The third-order valence-electron chi connectivity index (χ3n) is 1.83. The van der Waals surface area contributed by atoms with Crippen molar-refractivity contribution in [2.75, 3.05) is 18.1 Å². The van der Waals surface area contributed by atoms with Crippen molar-refractivity contribution in [3.05, 3.63) is 28.8 Å². The highest BCUT2D eigenvalue weighted by molar-refractivity contribution is 14.1. The molecule has 1 aromatic rings. The van der Waals surface area contributed by atoms with E-state index in [1.807, 2.05) is 18.2 Å². The molecule has 0 heterocycles. The van der Waals surface area contributed by atoms with Gasteiger partial charge in [0.2, 0.25) is 0 Å². The number of hydrogen-bond donors (Lipinski definition) is 1. The lowest BCUT2D eigenvalue weighted by Crippen LogP contribution is -2.15. The number of alkyl halides is 1. The smallest absolute Gasteiger partial charge is 0.123 e. The fourth-order valence-electron chi connectivity index (χ4n) is 1.18. The lowest BCUT2D eigenvalue weighted by molar-refractivity contribution is 0.408. The maximum atomic E-state index is 5.90. The Hall–Kier alpha value is -0.000000000000000111. The largest absolute Gasteiger partial charge is 0.496 e. The van der Waals surface area contributed by atoms with Crippen molar-refractivity contribution >= 4 is 34.2 Å². The zero-order valence-corrected chi connectivity index (χ0v) is 10.9. The summed E-state index contributed by atoms with van der Waals surface area (Å²) in [5.74, 6) is 0.885. The number of halogens is 2.